The SMILES string of the molecule is COC(=O)c1cccc2c1N[C@@H](c1ccccc1Br)C1CC=CC21. The fourth-order valence-electron chi connectivity index (χ4n) is 3.94. The summed E-state index contributed by atoms with van der Waals surface area (Å²) in [6.07, 6.45) is 5.56. The maximum Gasteiger partial charge on any atom is 0.339 e. The first-order valence-electron chi connectivity index (χ1n) is 8.09. The number of allylic oxidation sites excluding steroid dienone is 2. The molecule has 1 aliphatic carbocycles. The van der Waals surface area contributed by atoms with Crippen molar-refractivity contribution in [3.8, 4) is 0 Å². The Morgan fingerprint density at radius 1 is 1.17 bits per heavy atom. The van der Waals surface area contributed by atoms with Crippen LogP contribution >= 0.6 is 15.9 Å². The number of anilines is 1. The molecule has 0 radical (unpaired) electrons. The molecule has 2 aromatic carbocycles. The maximum absolute atomic E-state index is 12.2. The number of hydrogen-bond acceptors (Lipinski definition) is 3. The van der Waals surface area contributed by atoms with Crippen molar-refractivity contribution in [2.24, 2.45) is 5.92 Å². The summed E-state index contributed by atoms with van der Waals surface area (Å²) in [5.74, 6) is 0.470. The van der Waals surface area contributed by atoms with Gasteiger partial charge in [-0.2, -0.15) is 0 Å². The zero-order valence-electron chi connectivity index (χ0n) is 13.3. The molecule has 0 amide bonds. The van der Waals surface area contributed by atoms with E-state index in [-0.39, 0.29) is 12.0 Å². The number of esters is 1. The van der Waals surface area contributed by atoms with Crippen molar-refractivity contribution in [3.63, 3.8) is 0 Å². The Labute approximate surface area is 149 Å². The van der Waals surface area contributed by atoms with Gasteiger partial charge < -0.3 is 10.1 Å². The lowest BCUT2D eigenvalue weighted by atomic mass is 9.76. The number of benzene rings is 2. The van der Waals surface area contributed by atoms with Crippen LogP contribution < -0.4 is 5.32 Å². The molecule has 2 aromatic rings. The summed E-state index contributed by atoms with van der Waals surface area (Å²) in [5.41, 5.74) is 3.91. The second-order valence-corrected chi connectivity index (χ2v) is 7.11. The third kappa shape index (κ3) is 2.37. The number of carbonyl (C=O) groups excluding carboxylic acids is 1. The van der Waals surface area contributed by atoms with Gasteiger partial charge in [0.1, 0.15) is 0 Å². The molecule has 2 aliphatic rings. The summed E-state index contributed by atoms with van der Waals surface area (Å²) in [6.45, 7) is 0. The maximum atomic E-state index is 12.2. The van der Waals surface area contributed by atoms with Gasteiger partial charge >= 0.3 is 5.97 Å². The first kappa shape index (κ1) is 15.5. The molecular formula is C20H18BrNO2. The van der Waals surface area contributed by atoms with E-state index in [4.69, 9.17) is 4.74 Å². The lowest BCUT2D eigenvalue weighted by Crippen LogP contribution is -2.30. The van der Waals surface area contributed by atoms with E-state index >= 15 is 0 Å². The Balaban J connectivity index is 1.85. The number of halogens is 1. The molecule has 4 rings (SSSR count). The van der Waals surface area contributed by atoms with E-state index in [2.05, 4.69) is 57.7 Å². The highest BCUT2D eigenvalue weighted by Gasteiger charge is 2.39. The van der Waals surface area contributed by atoms with E-state index in [0.717, 1.165) is 16.6 Å². The molecule has 3 atom stereocenters. The number of ether oxygens (including phenoxy) is 1. The minimum Gasteiger partial charge on any atom is -0.465 e. The van der Waals surface area contributed by atoms with Crippen molar-refractivity contribution in [1.29, 1.82) is 0 Å². The van der Waals surface area contributed by atoms with Gasteiger partial charge in [-0.05, 0) is 35.6 Å². The van der Waals surface area contributed by atoms with E-state index in [1.54, 1.807) is 0 Å². The van der Waals surface area contributed by atoms with Crippen molar-refractivity contribution in [2.75, 3.05) is 12.4 Å². The lowest BCUT2D eigenvalue weighted by molar-refractivity contribution is 0.0601. The largest absolute Gasteiger partial charge is 0.465 e. The Hall–Kier alpha value is -2.07. The molecule has 122 valence electrons. The molecule has 0 spiro atoms. The van der Waals surface area contributed by atoms with Crippen molar-refractivity contribution >= 4 is 27.6 Å². The number of fused-ring (bicyclic) bond motifs is 3. The van der Waals surface area contributed by atoms with E-state index in [1.807, 2.05) is 18.2 Å². The third-order valence-electron chi connectivity index (χ3n) is 5.04. The van der Waals surface area contributed by atoms with E-state index in [9.17, 15) is 4.79 Å². The summed E-state index contributed by atoms with van der Waals surface area (Å²) in [4.78, 5) is 12.2. The number of para-hydroxylation sites is 1. The fourth-order valence-corrected chi connectivity index (χ4v) is 4.47. The highest BCUT2D eigenvalue weighted by Crippen LogP contribution is 2.51. The molecule has 1 N–H and O–H groups in total. The van der Waals surface area contributed by atoms with E-state index in [1.165, 1.54) is 18.2 Å². The number of rotatable bonds is 2. The topological polar surface area (TPSA) is 38.3 Å². The van der Waals surface area contributed by atoms with Gasteiger partial charge in [0.2, 0.25) is 0 Å². The highest BCUT2D eigenvalue weighted by molar-refractivity contribution is 9.10. The average molecular weight is 384 g/mol. The van der Waals surface area contributed by atoms with Gasteiger partial charge in [0.25, 0.3) is 0 Å². The Morgan fingerprint density at radius 2 is 1.96 bits per heavy atom. The molecular weight excluding hydrogens is 366 g/mol. The molecule has 1 heterocycles. The van der Waals surface area contributed by atoms with Crippen molar-refractivity contribution < 1.29 is 9.53 Å². The van der Waals surface area contributed by atoms with Crippen LogP contribution in [0.5, 0.6) is 0 Å². The second kappa shape index (κ2) is 6.10. The van der Waals surface area contributed by atoms with Crippen LogP contribution in [-0.4, -0.2) is 13.1 Å². The Morgan fingerprint density at radius 3 is 2.75 bits per heavy atom. The van der Waals surface area contributed by atoms with Crippen molar-refractivity contribution in [1.82, 2.24) is 0 Å². The van der Waals surface area contributed by atoms with Crippen molar-refractivity contribution in [2.45, 2.75) is 18.4 Å². The van der Waals surface area contributed by atoms with Gasteiger partial charge in [-0.15, -0.1) is 0 Å². The van der Waals surface area contributed by atoms with Crippen LogP contribution in [0.25, 0.3) is 0 Å². The zero-order chi connectivity index (χ0) is 16.7. The second-order valence-electron chi connectivity index (χ2n) is 6.26. The smallest absolute Gasteiger partial charge is 0.339 e. The monoisotopic (exact) mass is 383 g/mol. The summed E-state index contributed by atoms with van der Waals surface area (Å²) < 4.78 is 6.06. The average Bonchev–Trinajstić information content (AvgIpc) is 3.10. The molecule has 3 nitrogen and oxygen atoms in total. The van der Waals surface area contributed by atoms with Crippen LogP contribution in [0.2, 0.25) is 0 Å². The molecule has 0 fully saturated rings. The first-order valence-corrected chi connectivity index (χ1v) is 8.89. The molecule has 2 unspecified atom stereocenters. The number of methoxy groups -OCH3 is 1. The van der Waals surface area contributed by atoms with Gasteiger partial charge in [-0.25, -0.2) is 4.79 Å². The standard InChI is InChI=1S/C20H18BrNO2/c1-24-20(23)16-10-5-9-14-12-7-4-8-13(12)18(22-19(14)16)15-6-2-3-11-17(15)21/h2-7,9-13,18,22H,8H2,1H3/t12?,13?,18-/m1/s1. The van der Waals surface area contributed by atoms with Crippen LogP contribution in [0.4, 0.5) is 5.69 Å². The summed E-state index contributed by atoms with van der Waals surface area (Å²) >= 11 is 3.68. The third-order valence-corrected chi connectivity index (χ3v) is 5.76. The summed E-state index contributed by atoms with van der Waals surface area (Å²) in [5, 5.41) is 3.64. The van der Waals surface area contributed by atoms with Crippen LogP contribution in [0.3, 0.4) is 0 Å². The first-order chi connectivity index (χ1) is 11.7. The van der Waals surface area contributed by atoms with E-state index in [0.29, 0.717) is 17.4 Å². The fraction of sp³-hybridized carbons (Fsp3) is 0.250. The van der Waals surface area contributed by atoms with Crippen LogP contribution in [0, 0.1) is 5.92 Å². The number of nitrogens with one attached hydrogen (secondary N) is 1. The van der Waals surface area contributed by atoms with Gasteiger partial charge in [0, 0.05) is 10.4 Å². The van der Waals surface area contributed by atoms with Crippen molar-refractivity contribution in [3.05, 3.63) is 75.8 Å². The quantitative estimate of drug-likeness (QED) is 0.581. The zero-order valence-corrected chi connectivity index (χ0v) is 14.9. The van der Waals surface area contributed by atoms with Gasteiger partial charge in [-0.3, -0.25) is 0 Å². The van der Waals surface area contributed by atoms with Gasteiger partial charge in [0.15, 0.2) is 0 Å². The normalized spacial score (nSPS) is 24.0. The number of hydrogen-bond donors (Lipinski definition) is 1. The number of carbonyl (C=O) groups is 1. The summed E-state index contributed by atoms with van der Waals surface area (Å²) in [6, 6.07) is 14.3. The minimum absolute atomic E-state index is 0.152. The molecule has 0 aromatic heterocycles. The highest BCUT2D eigenvalue weighted by atomic mass is 79.9. The molecule has 4 heteroatoms. The molecule has 0 saturated heterocycles. The Kier molecular flexibility index (Phi) is 3.93. The Bertz CT molecular complexity index is 830. The minimum atomic E-state index is -0.300. The molecule has 0 bridgehead atoms. The molecule has 1 aliphatic heterocycles. The van der Waals surface area contributed by atoms with Crippen LogP contribution in [0.15, 0.2) is 59.1 Å². The molecule has 0 saturated carbocycles. The van der Waals surface area contributed by atoms with Gasteiger partial charge in [0.05, 0.1) is 24.4 Å². The molecule has 24 heavy (non-hydrogen) atoms. The van der Waals surface area contributed by atoms with Crippen LogP contribution in [-0.2, 0) is 4.74 Å². The van der Waals surface area contributed by atoms with E-state index < -0.39 is 0 Å². The van der Waals surface area contributed by atoms with Gasteiger partial charge in [-0.1, -0.05) is 58.4 Å². The predicted molar refractivity (Wildman–Crippen MR) is 98.3 cm³/mol. The lowest BCUT2D eigenvalue weighted by Gasteiger charge is -2.38. The van der Waals surface area contributed by atoms with Crippen LogP contribution in [0.1, 0.15) is 39.9 Å². The predicted octanol–water partition coefficient (Wildman–Crippen LogP) is 5.06. The summed E-state index contributed by atoms with van der Waals surface area (Å²) in [7, 11) is 1.42.